The minimum absolute atomic E-state index is 0.394. The summed E-state index contributed by atoms with van der Waals surface area (Å²) >= 11 is 3.69. The number of piperazine rings is 1. The van der Waals surface area contributed by atoms with Crippen molar-refractivity contribution >= 4 is 15.9 Å². The third kappa shape index (κ3) is 4.10. The van der Waals surface area contributed by atoms with Gasteiger partial charge in [-0.3, -0.25) is 14.8 Å². The summed E-state index contributed by atoms with van der Waals surface area (Å²) in [6.07, 6.45) is 6.88. The third-order valence-electron chi connectivity index (χ3n) is 6.39. The Labute approximate surface area is 181 Å². The van der Waals surface area contributed by atoms with Crippen LogP contribution in [-0.2, 0) is 12.0 Å². The van der Waals surface area contributed by atoms with E-state index in [0.717, 1.165) is 54.7 Å². The van der Waals surface area contributed by atoms with Crippen LogP contribution in [0.2, 0.25) is 0 Å². The maximum Gasteiger partial charge on any atom is 0.140 e. The van der Waals surface area contributed by atoms with Gasteiger partial charge in [0.25, 0.3) is 0 Å². The van der Waals surface area contributed by atoms with Crippen molar-refractivity contribution in [1.82, 2.24) is 20.1 Å². The first-order chi connectivity index (χ1) is 14.1. The molecule has 152 valence electrons. The molecule has 2 fully saturated rings. The van der Waals surface area contributed by atoms with E-state index in [9.17, 15) is 5.26 Å². The van der Waals surface area contributed by atoms with E-state index >= 15 is 0 Å². The SMILES string of the molecule is CN1CCCC1c1cncc(C(C#N)(Cc2ccccc2Br)N2CCNCC2)c1. The Hall–Kier alpha value is -1.78. The number of halogens is 1. The molecular weight excluding hydrogens is 426 g/mol. The van der Waals surface area contributed by atoms with Crippen LogP contribution in [0.4, 0.5) is 0 Å². The quantitative estimate of drug-likeness (QED) is 0.750. The highest BCUT2D eigenvalue weighted by atomic mass is 79.9. The van der Waals surface area contributed by atoms with E-state index in [0.29, 0.717) is 12.5 Å². The molecule has 1 N–H and O–H groups in total. The van der Waals surface area contributed by atoms with Gasteiger partial charge in [-0.05, 0) is 49.7 Å². The van der Waals surface area contributed by atoms with Crippen LogP contribution in [0, 0.1) is 11.3 Å². The average Bonchev–Trinajstić information content (AvgIpc) is 3.20. The zero-order chi connectivity index (χ0) is 20.3. The molecule has 2 aliphatic heterocycles. The smallest absolute Gasteiger partial charge is 0.140 e. The van der Waals surface area contributed by atoms with Gasteiger partial charge in [-0.25, -0.2) is 0 Å². The van der Waals surface area contributed by atoms with Crippen LogP contribution in [0.25, 0.3) is 0 Å². The Morgan fingerprint density at radius 1 is 1.24 bits per heavy atom. The lowest BCUT2D eigenvalue weighted by molar-refractivity contribution is 0.116. The Morgan fingerprint density at radius 3 is 2.72 bits per heavy atom. The molecule has 6 heteroatoms. The van der Waals surface area contributed by atoms with Crippen molar-refractivity contribution in [2.24, 2.45) is 0 Å². The van der Waals surface area contributed by atoms with E-state index in [1.54, 1.807) is 0 Å². The zero-order valence-electron chi connectivity index (χ0n) is 16.9. The van der Waals surface area contributed by atoms with Gasteiger partial charge in [0.05, 0.1) is 6.07 Å². The fourth-order valence-corrected chi connectivity index (χ4v) is 5.16. The Kier molecular flexibility index (Phi) is 6.31. The lowest BCUT2D eigenvalue weighted by Crippen LogP contribution is -2.55. The molecule has 5 nitrogen and oxygen atoms in total. The molecule has 0 aliphatic carbocycles. The first-order valence-electron chi connectivity index (χ1n) is 10.4. The Bertz CT molecular complexity index is 889. The molecular formula is C23H28BrN5. The van der Waals surface area contributed by atoms with Crippen molar-refractivity contribution in [2.45, 2.75) is 30.8 Å². The number of hydrogen-bond acceptors (Lipinski definition) is 5. The molecule has 0 bridgehead atoms. The predicted molar refractivity (Wildman–Crippen MR) is 118 cm³/mol. The summed E-state index contributed by atoms with van der Waals surface area (Å²) in [5.74, 6) is 0. The van der Waals surface area contributed by atoms with Crippen molar-refractivity contribution < 1.29 is 0 Å². The van der Waals surface area contributed by atoms with E-state index in [1.165, 1.54) is 12.0 Å². The minimum Gasteiger partial charge on any atom is -0.314 e. The topological polar surface area (TPSA) is 55.2 Å². The van der Waals surface area contributed by atoms with Crippen LogP contribution in [0.1, 0.15) is 35.6 Å². The van der Waals surface area contributed by atoms with Crippen LogP contribution in [0.15, 0.2) is 47.2 Å². The molecule has 2 unspecified atom stereocenters. The molecule has 2 atom stereocenters. The number of nitrogens with one attached hydrogen (secondary N) is 1. The molecule has 1 aromatic carbocycles. The van der Waals surface area contributed by atoms with Gasteiger partial charge in [0.2, 0.25) is 0 Å². The van der Waals surface area contributed by atoms with Crippen LogP contribution < -0.4 is 5.32 Å². The molecule has 29 heavy (non-hydrogen) atoms. The number of pyridine rings is 1. The predicted octanol–water partition coefficient (Wildman–Crippen LogP) is 3.48. The summed E-state index contributed by atoms with van der Waals surface area (Å²) in [5, 5.41) is 14.0. The second-order valence-electron chi connectivity index (χ2n) is 8.12. The average molecular weight is 454 g/mol. The fraction of sp³-hybridized carbons (Fsp3) is 0.478. The zero-order valence-corrected chi connectivity index (χ0v) is 18.5. The Balaban J connectivity index is 1.77. The van der Waals surface area contributed by atoms with Gasteiger partial charge < -0.3 is 5.32 Å². The van der Waals surface area contributed by atoms with Gasteiger partial charge >= 0.3 is 0 Å². The van der Waals surface area contributed by atoms with Gasteiger partial charge in [0.1, 0.15) is 5.54 Å². The lowest BCUT2D eigenvalue weighted by Gasteiger charge is -2.42. The molecule has 0 spiro atoms. The van der Waals surface area contributed by atoms with Gasteiger partial charge in [0.15, 0.2) is 0 Å². The first-order valence-corrected chi connectivity index (χ1v) is 11.2. The number of nitriles is 1. The van der Waals surface area contributed by atoms with E-state index in [2.05, 4.69) is 67.3 Å². The highest BCUT2D eigenvalue weighted by molar-refractivity contribution is 9.10. The molecule has 0 saturated carbocycles. The monoisotopic (exact) mass is 453 g/mol. The highest BCUT2D eigenvalue weighted by Crippen LogP contribution is 2.37. The second-order valence-corrected chi connectivity index (χ2v) is 8.98. The fourth-order valence-electron chi connectivity index (χ4n) is 4.73. The third-order valence-corrected chi connectivity index (χ3v) is 7.16. The number of rotatable bonds is 5. The summed E-state index contributed by atoms with van der Waals surface area (Å²) in [6, 6.07) is 13.6. The number of aromatic nitrogens is 1. The first kappa shape index (κ1) is 20.5. The van der Waals surface area contributed by atoms with Gasteiger partial charge in [-0.1, -0.05) is 34.1 Å². The molecule has 2 aromatic rings. The summed E-state index contributed by atoms with van der Waals surface area (Å²) in [4.78, 5) is 9.34. The standard InChI is InChI=1S/C23H28BrN5/c1-28-10-4-7-22(28)19-13-20(16-27-15-19)23(17-25,29-11-8-26-9-12-29)14-18-5-2-3-6-21(18)24/h2-3,5-6,13,15-16,22,26H,4,7-12,14H2,1H3. The van der Waals surface area contributed by atoms with Crippen molar-refractivity contribution in [3.63, 3.8) is 0 Å². The highest BCUT2D eigenvalue weighted by Gasteiger charge is 2.41. The number of nitrogens with zero attached hydrogens (tertiary/aromatic N) is 4. The maximum absolute atomic E-state index is 10.6. The number of likely N-dealkylation sites (tertiary alicyclic amines) is 1. The van der Waals surface area contributed by atoms with Crippen molar-refractivity contribution in [3.8, 4) is 6.07 Å². The molecule has 0 amide bonds. The minimum atomic E-state index is -0.730. The van der Waals surface area contributed by atoms with Gasteiger partial charge in [-0.2, -0.15) is 5.26 Å². The molecule has 3 heterocycles. The molecule has 0 radical (unpaired) electrons. The molecule has 2 saturated heterocycles. The maximum atomic E-state index is 10.6. The normalized spacial score (nSPS) is 22.9. The largest absolute Gasteiger partial charge is 0.314 e. The summed E-state index contributed by atoms with van der Waals surface area (Å²) in [6.45, 7) is 4.62. The van der Waals surface area contributed by atoms with Crippen molar-refractivity contribution in [3.05, 3.63) is 63.9 Å². The number of benzene rings is 1. The van der Waals surface area contributed by atoms with Crippen molar-refractivity contribution in [1.29, 1.82) is 5.26 Å². The Morgan fingerprint density at radius 2 is 2.03 bits per heavy atom. The molecule has 1 aromatic heterocycles. The van der Waals surface area contributed by atoms with Crippen molar-refractivity contribution in [2.75, 3.05) is 39.8 Å². The van der Waals surface area contributed by atoms with E-state index < -0.39 is 5.54 Å². The van der Waals surface area contributed by atoms with Crippen LogP contribution in [-0.4, -0.2) is 54.6 Å². The summed E-state index contributed by atoms with van der Waals surface area (Å²) in [7, 11) is 2.18. The summed E-state index contributed by atoms with van der Waals surface area (Å²) in [5.41, 5.74) is 2.66. The van der Waals surface area contributed by atoms with E-state index in [1.807, 2.05) is 24.5 Å². The van der Waals surface area contributed by atoms with E-state index in [-0.39, 0.29) is 0 Å². The van der Waals surface area contributed by atoms with Crippen LogP contribution in [0.5, 0.6) is 0 Å². The van der Waals surface area contributed by atoms with Crippen LogP contribution >= 0.6 is 15.9 Å². The number of hydrogen-bond donors (Lipinski definition) is 1. The van der Waals surface area contributed by atoms with Gasteiger partial charge in [0, 0.05) is 61.1 Å². The lowest BCUT2D eigenvalue weighted by atomic mass is 9.82. The van der Waals surface area contributed by atoms with Crippen LogP contribution in [0.3, 0.4) is 0 Å². The molecule has 4 rings (SSSR count). The molecule has 2 aliphatic rings. The van der Waals surface area contributed by atoms with Gasteiger partial charge in [-0.15, -0.1) is 0 Å². The summed E-state index contributed by atoms with van der Waals surface area (Å²) < 4.78 is 1.05. The second kappa shape index (κ2) is 8.93. The van der Waals surface area contributed by atoms with E-state index in [4.69, 9.17) is 0 Å².